The molecule has 0 atom stereocenters. The highest BCUT2D eigenvalue weighted by molar-refractivity contribution is 7.80. The molecule has 0 radical (unpaired) electrons. The highest BCUT2D eigenvalue weighted by atomic mass is 35.5. The summed E-state index contributed by atoms with van der Waals surface area (Å²) in [6, 6.07) is 15.4. The van der Waals surface area contributed by atoms with Crippen molar-refractivity contribution in [2.45, 2.75) is 13.8 Å². The number of ether oxygens (including phenoxy) is 1. The molecule has 28 heavy (non-hydrogen) atoms. The number of anilines is 2. The SMILES string of the molecule is COC(=O)c1c(NC(=S)Nc2ccc(C)c(Cl)c2)sc(C)c1-c1ccccc1. The van der Waals surface area contributed by atoms with E-state index in [9.17, 15) is 4.79 Å². The van der Waals surface area contributed by atoms with Crippen LogP contribution in [-0.4, -0.2) is 18.2 Å². The second-order valence-corrected chi connectivity index (χ2v) is 8.18. The Kier molecular flexibility index (Phi) is 6.34. The van der Waals surface area contributed by atoms with Crippen molar-refractivity contribution < 1.29 is 9.53 Å². The van der Waals surface area contributed by atoms with Gasteiger partial charge in [-0.05, 0) is 49.3 Å². The fourth-order valence-corrected chi connectivity index (χ4v) is 4.35. The van der Waals surface area contributed by atoms with Crippen LogP contribution in [0.4, 0.5) is 10.7 Å². The van der Waals surface area contributed by atoms with Crippen molar-refractivity contribution in [2.75, 3.05) is 17.7 Å². The fraction of sp³-hybridized carbons (Fsp3) is 0.143. The van der Waals surface area contributed by atoms with E-state index < -0.39 is 5.97 Å². The number of rotatable bonds is 4. The van der Waals surface area contributed by atoms with E-state index in [0.717, 1.165) is 27.3 Å². The first-order chi connectivity index (χ1) is 13.4. The number of nitrogens with one attached hydrogen (secondary N) is 2. The Hall–Kier alpha value is -2.41. The smallest absolute Gasteiger partial charge is 0.341 e. The summed E-state index contributed by atoms with van der Waals surface area (Å²) in [4.78, 5) is 13.5. The second-order valence-electron chi connectivity index (χ2n) is 6.14. The molecule has 7 heteroatoms. The lowest BCUT2D eigenvalue weighted by molar-refractivity contribution is 0.0603. The number of carbonyl (C=O) groups excluding carboxylic acids is 1. The average molecular weight is 431 g/mol. The third kappa shape index (κ3) is 4.35. The molecule has 2 N–H and O–H groups in total. The Morgan fingerprint density at radius 3 is 2.46 bits per heavy atom. The minimum atomic E-state index is -0.410. The van der Waals surface area contributed by atoms with Crippen LogP contribution >= 0.6 is 35.2 Å². The van der Waals surface area contributed by atoms with E-state index >= 15 is 0 Å². The zero-order chi connectivity index (χ0) is 20.3. The fourth-order valence-electron chi connectivity index (χ4n) is 2.82. The number of benzene rings is 2. The third-order valence-electron chi connectivity index (χ3n) is 4.19. The molecule has 1 heterocycles. The van der Waals surface area contributed by atoms with Crippen molar-refractivity contribution in [3.05, 3.63) is 69.6 Å². The van der Waals surface area contributed by atoms with Crippen LogP contribution in [0.1, 0.15) is 20.8 Å². The molecule has 0 saturated carbocycles. The van der Waals surface area contributed by atoms with E-state index in [2.05, 4.69) is 10.6 Å². The number of esters is 1. The molecule has 0 aliphatic carbocycles. The van der Waals surface area contributed by atoms with Gasteiger partial charge in [0.25, 0.3) is 0 Å². The maximum absolute atomic E-state index is 12.5. The third-order valence-corrected chi connectivity index (χ3v) is 5.82. The summed E-state index contributed by atoms with van der Waals surface area (Å²) in [7, 11) is 1.37. The average Bonchev–Trinajstić information content (AvgIpc) is 3.00. The Morgan fingerprint density at radius 1 is 1.11 bits per heavy atom. The maximum Gasteiger partial charge on any atom is 0.341 e. The number of aryl methyl sites for hydroxylation is 2. The molecule has 144 valence electrons. The standard InChI is InChI=1S/C21H19ClN2O2S2/c1-12-9-10-15(11-16(12)22)23-21(27)24-19-18(20(25)26-3)17(13(2)28-19)14-7-5-4-6-8-14/h4-11H,1-3H3,(H2,23,24,27). The van der Waals surface area contributed by atoms with Crippen molar-refractivity contribution in [2.24, 2.45) is 0 Å². The highest BCUT2D eigenvalue weighted by Crippen LogP contribution is 2.40. The van der Waals surface area contributed by atoms with Gasteiger partial charge in [0.15, 0.2) is 5.11 Å². The number of thiophene rings is 1. The zero-order valence-corrected chi connectivity index (χ0v) is 18.0. The second kappa shape index (κ2) is 8.73. The number of halogens is 1. The van der Waals surface area contributed by atoms with Crippen LogP contribution in [0.5, 0.6) is 0 Å². The van der Waals surface area contributed by atoms with Crippen molar-refractivity contribution in [3.8, 4) is 11.1 Å². The van der Waals surface area contributed by atoms with E-state index in [4.69, 9.17) is 28.6 Å². The molecule has 0 saturated heterocycles. The molecule has 2 aromatic carbocycles. The molecule has 1 aromatic heterocycles. The van der Waals surface area contributed by atoms with Crippen molar-refractivity contribution in [1.82, 2.24) is 0 Å². The molecule has 0 unspecified atom stereocenters. The molecule has 0 fully saturated rings. The summed E-state index contributed by atoms with van der Waals surface area (Å²) < 4.78 is 5.03. The number of thiocarbonyl (C=S) groups is 1. The maximum atomic E-state index is 12.5. The van der Waals surface area contributed by atoms with Crippen LogP contribution in [0, 0.1) is 13.8 Å². The topological polar surface area (TPSA) is 50.4 Å². The van der Waals surface area contributed by atoms with Gasteiger partial charge < -0.3 is 15.4 Å². The van der Waals surface area contributed by atoms with Gasteiger partial charge in [-0.1, -0.05) is 48.0 Å². The van der Waals surface area contributed by atoms with Crippen LogP contribution in [0.3, 0.4) is 0 Å². The van der Waals surface area contributed by atoms with Crippen LogP contribution in [0.25, 0.3) is 11.1 Å². The first kappa shape index (κ1) is 20.3. The van der Waals surface area contributed by atoms with Gasteiger partial charge in [-0.2, -0.15) is 0 Å². The first-order valence-corrected chi connectivity index (χ1v) is 10.1. The van der Waals surface area contributed by atoms with Crippen LogP contribution in [-0.2, 0) is 4.74 Å². The molecule has 3 aromatic rings. The van der Waals surface area contributed by atoms with Crippen molar-refractivity contribution >= 4 is 56.9 Å². The lowest BCUT2D eigenvalue weighted by atomic mass is 10.0. The highest BCUT2D eigenvalue weighted by Gasteiger charge is 2.24. The van der Waals surface area contributed by atoms with Gasteiger partial charge in [-0.15, -0.1) is 11.3 Å². The number of hydrogen-bond donors (Lipinski definition) is 2. The number of methoxy groups -OCH3 is 1. The Balaban J connectivity index is 1.92. The predicted molar refractivity (Wildman–Crippen MR) is 122 cm³/mol. The molecule has 3 rings (SSSR count). The van der Waals surface area contributed by atoms with Gasteiger partial charge in [0.05, 0.1) is 7.11 Å². The summed E-state index contributed by atoms with van der Waals surface area (Å²) >= 11 is 13.1. The van der Waals surface area contributed by atoms with Gasteiger partial charge in [-0.3, -0.25) is 0 Å². The summed E-state index contributed by atoms with van der Waals surface area (Å²) in [5.74, 6) is -0.410. The van der Waals surface area contributed by atoms with Gasteiger partial charge in [0.1, 0.15) is 10.6 Å². The summed E-state index contributed by atoms with van der Waals surface area (Å²) in [6.45, 7) is 3.91. The van der Waals surface area contributed by atoms with Crippen LogP contribution in [0.15, 0.2) is 48.5 Å². The van der Waals surface area contributed by atoms with Crippen molar-refractivity contribution in [1.29, 1.82) is 0 Å². The largest absolute Gasteiger partial charge is 0.465 e. The molecular weight excluding hydrogens is 412 g/mol. The quantitative estimate of drug-likeness (QED) is 0.376. The van der Waals surface area contributed by atoms with E-state index in [1.165, 1.54) is 18.4 Å². The van der Waals surface area contributed by atoms with E-state index in [0.29, 0.717) is 20.7 Å². The van der Waals surface area contributed by atoms with E-state index in [1.807, 2.05) is 56.3 Å². The van der Waals surface area contributed by atoms with Gasteiger partial charge in [-0.25, -0.2) is 4.79 Å². The molecule has 0 aliphatic rings. The van der Waals surface area contributed by atoms with E-state index in [-0.39, 0.29) is 0 Å². The summed E-state index contributed by atoms with van der Waals surface area (Å²) in [5.41, 5.74) is 4.03. The molecule has 0 amide bonds. The van der Waals surface area contributed by atoms with Gasteiger partial charge in [0.2, 0.25) is 0 Å². The first-order valence-electron chi connectivity index (χ1n) is 8.52. The van der Waals surface area contributed by atoms with E-state index in [1.54, 1.807) is 6.07 Å². The number of carbonyl (C=O) groups is 1. The van der Waals surface area contributed by atoms with Gasteiger partial charge >= 0.3 is 5.97 Å². The molecule has 0 aliphatic heterocycles. The van der Waals surface area contributed by atoms with Gasteiger partial charge in [0, 0.05) is 21.2 Å². The Morgan fingerprint density at radius 2 is 1.82 bits per heavy atom. The summed E-state index contributed by atoms with van der Waals surface area (Å²) in [5, 5.41) is 7.89. The lowest BCUT2D eigenvalue weighted by Crippen LogP contribution is -2.20. The van der Waals surface area contributed by atoms with Crippen molar-refractivity contribution in [3.63, 3.8) is 0 Å². The lowest BCUT2D eigenvalue weighted by Gasteiger charge is -2.12. The Bertz CT molecular complexity index is 1030. The zero-order valence-electron chi connectivity index (χ0n) is 15.6. The number of hydrogen-bond acceptors (Lipinski definition) is 4. The van der Waals surface area contributed by atoms with Crippen LogP contribution < -0.4 is 10.6 Å². The minimum Gasteiger partial charge on any atom is -0.465 e. The predicted octanol–water partition coefficient (Wildman–Crippen LogP) is 6.28. The molecule has 0 bridgehead atoms. The minimum absolute atomic E-state index is 0.367. The normalized spacial score (nSPS) is 10.4. The van der Waals surface area contributed by atoms with Crippen LogP contribution in [0.2, 0.25) is 5.02 Å². The molecule has 4 nitrogen and oxygen atoms in total. The monoisotopic (exact) mass is 430 g/mol. The Labute approximate surface area is 178 Å². The summed E-state index contributed by atoms with van der Waals surface area (Å²) in [6.07, 6.45) is 0. The molecule has 0 spiro atoms. The molecular formula is C21H19ClN2O2S2.